The average molecular weight is 707 g/mol. The molecule has 1 unspecified atom stereocenters. The lowest BCUT2D eigenvalue weighted by atomic mass is 9.85. The SMILES string of the molecule is CC(=O)C(C)(C)CCN1C=C(C(=O)OCc2ccc(Cl)cc2Cl)C(c2ccc(Cl)cc2Cl)N(CCC(C)(C)C(C)=O)S1(=O)=O. The average Bonchev–Trinajstić information content (AvgIpc) is 2.90. The highest BCUT2D eigenvalue weighted by molar-refractivity contribution is 7.86. The van der Waals surface area contributed by atoms with Crippen LogP contribution in [0.2, 0.25) is 20.1 Å². The van der Waals surface area contributed by atoms with Crippen molar-refractivity contribution in [2.45, 2.75) is 67.0 Å². The zero-order valence-electron chi connectivity index (χ0n) is 25.4. The number of benzene rings is 2. The van der Waals surface area contributed by atoms with Crippen LogP contribution in [0.5, 0.6) is 0 Å². The van der Waals surface area contributed by atoms with Crippen LogP contribution in [0.4, 0.5) is 0 Å². The van der Waals surface area contributed by atoms with Crippen molar-refractivity contribution in [3.63, 3.8) is 0 Å². The van der Waals surface area contributed by atoms with Gasteiger partial charge in [-0.15, -0.1) is 0 Å². The first-order valence-electron chi connectivity index (χ1n) is 13.9. The molecule has 1 aliphatic heterocycles. The molecule has 3 rings (SSSR count). The maximum atomic E-state index is 14.3. The molecule has 2 aromatic rings. The number of esters is 1. The van der Waals surface area contributed by atoms with E-state index in [2.05, 4.69) is 0 Å². The first-order valence-corrected chi connectivity index (χ1v) is 16.8. The molecule has 0 radical (unpaired) electrons. The van der Waals surface area contributed by atoms with Crippen LogP contribution in [-0.2, 0) is 35.9 Å². The fourth-order valence-corrected chi connectivity index (χ4v) is 6.98. The molecule has 0 amide bonds. The molecule has 1 heterocycles. The van der Waals surface area contributed by atoms with Gasteiger partial charge in [0.25, 0.3) is 0 Å². The van der Waals surface area contributed by atoms with Crippen molar-refractivity contribution < 1.29 is 27.5 Å². The van der Waals surface area contributed by atoms with Crippen molar-refractivity contribution in [1.82, 2.24) is 8.61 Å². The molecule has 0 bridgehead atoms. The summed E-state index contributed by atoms with van der Waals surface area (Å²) in [5.41, 5.74) is -0.909. The third-order valence-electron chi connectivity index (χ3n) is 8.15. The van der Waals surface area contributed by atoms with E-state index < -0.39 is 33.1 Å². The fraction of sp³-hybridized carbons (Fsp3) is 0.452. The number of carbonyl (C=O) groups is 3. The van der Waals surface area contributed by atoms with Gasteiger partial charge in [0.15, 0.2) is 0 Å². The first kappa shape index (κ1) is 36.3. The maximum absolute atomic E-state index is 14.3. The largest absolute Gasteiger partial charge is 0.457 e. The van der Waals surface area contributed by atoms with Gasteiger partial charge in [0, 0.05) is 55.8 Å². The maximum Gasteiger partial charge on any atom is 0.337 e. The summed E-state index contributed by atoms with van der Waals surface area (Å²) in [6.45, 7) is 9.36. The highest BCUT2D eigenvalue weighted by Gasteiger charge is 2.45. The predicted molar refractivity (Wildman–Crippen MR) is 174 cm³/mol. The Kier molecular flexibility index (Phi) is 11.6. The lowest BCUT2D eigenvalue weighted by Gasteiger charge is -2.41. The molecular weight excluding hydrogens is 670 g/mol. The minimum atomic E-state index is -4.30. The van der Waals surface area contributed by atoms with E-state index in [-0.39, 0.29) is 54.7 Å². The van der Waals surface area contributed by atoms with Crippen LogP contribution in [0, 0.1) is 10.8 Å². The van der Waals surface area contributed by atoms with Gasteiger partial charge in [-0.05, 0) is 56.5 Å². The molecule has 0 saturated heterocycles. The lowest BCUT2D eigenvalue weighted by Crippen LogP contribution is -2.50. The van der Waals surface area contributed by atoms with Crippen LogP contribution in [0.15, 0.2) is 48.2 Å². The Morgan fingerprint density at radius 1 is 0.818 bits per heavy atom. The zero-order chi connectivity index (χ0) is 33.2. The van der Waals surface area contributed by atoms with Gasteiger partial charge >= 0.3 is 16.2 Å². The third-order valence-corrected chi connectivity index (χ3v) is 11.2. The van der Waals surface area contributed by atoms with Crippen molar-refractivity contribution >= 4 is 74.1 Å². The molecule has 0 aliphatic carbocycles. The summed E-state index contributed by atoms with van der Waals surface area (Å²) in [4.78, 5) is 38.5. The van der Waals surface area contributed by atoms with Crippen LogP contribution < -0.4 is 0 Å². The summed E-state index contributed by atoms with van der Waals surface area (Å²) in [5, 5.41) is 1.17. The van der Waals surface area contributed by atoms with Crippen LogP contribution >= 0.6 is 46.4 Å². The van der Waals surface area contributed by atoms with Gasteiger partial charge in [-0.1, -0.05) is 86.2 Å². The number of Topliss-reactive ketones (excluding diaryl/α,β-unsaturated/α-hetero) is 2. The van der Waals surface area contributed by atoms with E-state index in [0.717, 1.165) is 8.61 Å². The summed E-state index contributed by atoms with van der Waals surface area (Å²) in [5.74, 6) is -1.04. The predicted octanol–water partition coefficient (Wildman–Crippen LogP) is 7.84. The summed E-state index contributed by atoms with van der Waals surface area (Å²) in [6.07, 6.45) is 1.57. The van der Waals surface area contributed by atoms with E-state index in [9.17, 15) is 22.8 Å². The smallest absolute Gasteiger partial charge is 0.337 e. The highest BCUT2D eigenvalue weighted by atomic mass is 35.5. The molecule has 2 aromatic carbocycles. The molecule has 1 atom stereocenters. The molecule has 0 fully saturated rings. The van der Waals surface area contributed by atoms with Crippen molar-refractivity contribution in [3.05, 3.63) is 79.4 Å². The van der Waals surface area contributed by atoms with Gasteiger partial charge in [0.1, 0.15) is 18.2 Å². The Labute approximate surface area is 279 Å². The topological polar surface area (TPSA) is 101 Å². The number of halogens is 4. The second-order valence-electron chi connectivity index (χ2n) is 12.1. The van der Waals surface area contributed by atoms with Crippen molar-refractivity contribution in [2.75, 3.05) is 13.1 Å². The molecular formula is C31H36Cl4N2O6S. The monoisotopic (exact) mass is 704 g/mol. The van der Waals surface area contributed by atoms with Crippen LogP contribution in [0.1, 0.15) is 71.6 Å². The minimum Gasteiger partial charge on any atom is -0.457 e. The lowest BCUT2D eigenvalue weighted by molar-refractivity contribution is -0.141. The fourth-order valence-electron chi connectivity index (χ4n) is 4.35. The van der Waals surface area contributed by atoms with E-state index in [1.807, 2.05) is 0 Å². The number of nitrogens with zero attached hydrogens (tertiary/aromatic N) is 2. The number of ether oxygens (including phenoxy) is 1. The molecule has 13 heteroatoms. The minimum absolute atomic E-state index is 0.0182. The molecule has 0 spiro atoms. The molecule has 240 valence electrons. The van der Waals surface area contributed by atoms with Crippen molar-refractivity contribution in [1.29, 1.82) is 0 Å². The van der Waals surface area contributed by atoms with Gasteiger partial charge in [-0.25, -0.2) is 4.79 Å². The van der Waals surface area contributed by atoms with E-state index >= 15 is 0 Å². The summed E-state index contributed by atoms with van der Waals surface area (Å²) >= 11 is 25.1. The Bertz CT molecular complexity index is 1590. The van der Waals surface area contributed by atoms with Gasteiger partial charge < -0.3 is 4.74 Å². The number of hydrogen-bond acceptors (Lipinski definition) is 6. The molecule has 8 nitrogen and oxygen atoms in total. The number of ketones is 2. The second-order valence-corrected chi connectivity index (χ2v) is 15.6. The first-order chi connectivity index (χ1) is 20.3. The summed E-state index contributed by atoms with van der Waals surface area (Å²) < 4.78 is 36.4. The Balaban J connectivity index is 2.17. The summed E-state index contributed by atoms with van der Waals surface area (Å²) in [7, 11) is -4.30. The standard InChI is InChI=1S/C31H36Cl4N2O6S/c1-19(38)30(3,4)11-13-36-17-25(29(40)43-18-21-7-8-22(32)15-26(21)34)28(24-10-9-23(33)16-27(24)35)37(44(36,41)42)14-12-31(5,6)20(2)39/h7-10,15-17,28H,11-14,18H2,1-6H3. The van der Waals surface area contributed by atoms with E-state index in [4.69, 9.17) is 51.1 Å². The van der Waals surface area contributed by atoms with E-state index in [0.29, 0.717) is 26.2 Å². The number of hydrogen-bond donors (Lipinski definition) is 0. The van der Waals surface area contributed by atoms with Gasteiger partial charge in [0.05, 0.1) is 11.6 Å². The van der Waals surface area contributed by atoms with E-state index in [1.165, 1.54) is 32.2 Å². The molecule has 1 aliphatic rings. The van der Waals surface area contributed by atoms with Gasteiger partial charge in [-0.2, -0.15) is 12.7 Å². The van der Waals surface area contributed by atoms with Crippen LogP contribution in [-0.4, -0.2) is 47.7 Å². The molecule has 0 saturated carbocycles. The number of carbonyl (C=O) groups excluding carboxylic acids is 3. The Morgan fingerprint density at radius 3 is 1.86 bits per heavy atom. The van der Waals surface area contributed by atoms with Crippen molar-refractivity contribution in [2.24, 2.45) is 10.8 Å². The quantitative estimate of drug-likeness (QED) is 0.209. The zero-order valence-corrected chi connectivity index (χ0v) is 29.3. The van der Waals surface area contributed by atoms with E-state index in [1.54, 1.807) is 52.0 Å². The Hall–Kier alpha value is -2.14. The van der Waals surface area contributed by atoms with Crippen molar-refractivity contribution in [3.8, 4) is 0 Å². The van der Waals surface area contributed by atoms with Crippen LogP contribution in [0.25, 0.3) is 0 Å². The Morgan fingerprint density at radius 2 is 1.34 bits per heavy atom. The highest BCUT2D eigenvalue weighted by Crippen LogP contribution is 2.42. The van der Waals surface area contributed by atoms with Crippen LogP contribution in [0.3, 0.4) is 0 Å². The molecule has 44 heavy (non-hydrogen) atoms. The normalized spacial score (nSPS) is 17.3. The molecule has 0 aromatic heterocycles. The molecule has 0 N–H and O–H groups in total. The number of rotatable bonds is 12. The van der Waals surface area contributed by atoms with Gasteiger partial charge in [0.2, 0.25) is 0 Å². The summed E-state index contributed by atoms with van der Waals surface area (Å²) in [6, 6.07) is 8.10. The van der Waals surface area contributed by atoms with Gasteiger partial charge in [-0.3, -0.25) is 13.9 Å². The second kappa shape index (κ2) is 14.1. The third kappa shape index (κ3) is 8.36.